The lowest BCUT2D eigenvalue weighted by Gasteiger charge is -2.00. The first-order valence-electron chi connectivity index (χ1n) is 4.00. The van der Waals surface area contributed by atoms with E-state index in [-0.39, 0.29) is 12.3 Å². The molecule has 1 N–H and O–H groups in total. The molecule has 0 fully saturated rings. The highest BCUT2D eigenvalue weighted by Gasteiger charge is 2.18. The maximum atomic E-state index is 11.2. The van der Waals surface area contributed by atoms with Crippen molar-refractivity contribution in [3.63, 3.8) is 0 Å². The van der Waals surface area contributed by atoms with Crippen LogP contribution < -0.4 is 0 Å². The Hall–Kier alpha value is -1.43. The Kier molecular flexibility index (Phi) is 3.58. The lowest BCUT2D eigenvalue weighted by molar-refractivity contribution is -0.135. The molecule has 0 spiro atoms. The number of nitrogens with zero attached hydrogens (tertiary/aromatic N) is 2. The van der Waals surface area contributed by atoms with Crippen LogP contribution in [0.25, 0.3) is 0 Å². The lowest BCUT2D eigenvalue weighted by Crippen LogP contribution is -2.19. The van der Waals surface area contributed by atoms with Crippen LogP contribution in [0, 0.1) is 6.92 Å². The zero-order valence-corrected chi connectivity index (χ0v) is 8.67. The molecule has 0 saturated heterocycles. The van der Waals surface area contributed by atoms with E-state index in [2.05, 4.69) is 10.1 Å². The number of carbonyl (C=O) groups excluding carboxylic acids is 1. The number of rotatable bonds is 3. The number of carbonyl (C=O) groups is 1. The summed E-state index contributed by atoms with van der Waals surface area (Å²) in [5.41, 5.74) is 0.185. The van der Waals surface area contributed by atoms with Crippen molar-refractivity contribution in [2.45, 2.75) is 13.8 Å². The highest BCUT2D eigenvalue weighted by Crippen LogP contribution is 2.09. The maximum absolute atomic E-state index is 11.2. The quantitative estimate of drug-likeness (QED) is 0.355. The van der Waals surface area contributed by atoms with E-state index in [1.807, 2.05) is 0 Å². The molecule has 14 heavy (non-hydrogen) atoms. The molecule has 0 aliphatic carbocycles. The zero-order valence-electron chi connectivity index (χ0n) is 7.85. The van der Waals surface area contributed by atoms with Crippen LogP contribution in [-0.4, -0.2) is 28.5 Å². The molecule has 0 saturated carbocycles. The minimum absolute atomic E-state index is 0.156. The van der Waals surface area contributed by atoms with Gasteiger partial charge < -0.3 is 9.94 Å². The fraction of sp³-hybridized carbons (Fsp3) is 0.375. The van der Waals surface area contributed by atoms with Crippen molar-refractivity contribution < 1.29 is 14.7 Å². The first kappa shape index (κ1) is 10.6. The van der Waals surface area contributed by atoms with E-state index in [1.54, 1.807) is 19.2 Å². The Balaban J connectivity index is 2.88. The molecule has 76 valence electrons. The van der Waals surface area contributed by atoms with Crippen LogP contribution in [0.15, 0.2) is 10.5 Å². The topological polar surface area (TPSA) is 71.8 Å². The highest BCUT2D eigenvalue weighted by atomic mass is 32.1. The van der Waals surface area contributed by atoms with Gasteiger partial charge >= 0.3 is 5.97 Å². The molecule has 1 heterocycles. The van der Waals surface area contributed by atoms with E-state index < -0.39 is 5.97 Å². The first-order valence-corrected chi connectivity index (χ1v) is 4.88. The smallest absolute Gasteiger partial charge is 0.362 e. The maximum Gasteiger partial charge on any atom is 0.362 e. The zero-order chi connectivity index (χ0) is 10.6. The molecule has 0 aliphatic heterocycles. The van der Waals surface area contributed by atoms with Gasteiger partial charge in [0.1, 0.15) is 5.69 Å². The van der Waals surface area contributed by atoms with E-state index in [0.29, 0.717) is 5.69 Å². The Morgan fingerprint density at radius 1 is 1.79 bits per heavy atom. The second kappa shape index (κ2) is 4.71. The van der Waals surface area contributed by atoms with E-state index in [1.165, 1.54) is 11.3 Å². The first-order chi connectivity index (χ1) is 6.69. The molecule has 1 aromatic heterocycles. The molecule has 0 atom stereocenters. The van der Waals surface area contributed by atoms with Crippen molar-refractivity contribution in [1.29, 1.82) is 0 Å². The lowest BCUT2D eigenvalue weighted by atomic mass is 10.3. The average molecular weight is 214 g/mol. The summed E-state index contributed by atoms with van der Waals surface area (Å²) in [5.74, 6) is -0.666. The Morgan fingerprint density at radius 3 is 2.93 bits per heavy atom. The SMILES string of the molecule is CCOC(=O)/C(=N\O)c1csc(C)n1. The van der Waals surface area contributed by atoms with Gasteiger partial charge in [0.2, 0.25) is 5.71 Å². The summed E-state index contributed by atoms with van der Waals surface area (Å²) in [5, 5.41) is 14.0. The van der Waals surface area contributed by atoms with Crippen molar-refractivity contribution in [2.75, 3.05) is 6.61 Å². The average Bonchev–Trinajstić information content (AvgIpc) is 2.54. The molecule has 0 amide bonds. The van der Waals surface area contributed by atoms with Gasteiger partial charge in [0.05, 0.1) is 11.6 Å². The number of hydrogen-bond donors (Lipinski definition) is 1. The summed E-state index contributed by atoms with van der Waals surface area (Å²) in [6.07, 6.45) is 0. The highest BCUT2D eigenvalue weighted by molar-refractivity contribution is 7.09. The van der Waals surface area contributed by atoms with E-state index in [4.69, 9.17) is 9.94 Å². The molecule has 0 radical (unpaired) electrons. The molecule has 0 unspecified atom stereocenters. The number of thiazole rings is 1. The Morgan fingerprint density at radius 2 is 2.50 bits per heavy atom. The largest absolute Gasteiger partial charge is 0.461 e. The van der Waals surface area contributed by atoms with Gasteiger partial charge in [-0.25, -0.2) is 9.78 Å². The third kappa shape index (κ3) is 2.29. The molecule has 1 rings (SSSR count). The van der Waals surface area contributed by atoms with Crippen molar-refractivity contribution in [2.24, 2.45) is 5.16 Å². The summed E-state index contributed by atoms with van der Waals surface area (Å²) in [6.45, 7) is 3.72. The van der Waals surface area contributed by atoms with E-state index in [9.17, 15) is 4.79 Å². The predicted molar refractivity (Wildman–Crippen MR) is 51.8 cm³/mol. The third-order valence-corrected chi connectivity index (χ3v) is 2.20. The molecule has 0 aromatic carbocycles. The number of oxime groups is 1. The van der Waals surface area contributed by atoms with Crippen LogP contribution in [0.3, 0.4) is 0 Å². The van der Waals surface area contributed by atoms with Gasteiger partial charge in [-0.1, -0.05) is 5.16 Å². The van der Waals surface area contributed by atoms with Gasteiger partial charge in [-0.2, -0.15) is 0 Å². The minimum Gasteiger partial charge on any atom is -0.461 e. The summed E-state index contributed by atoms with van der Waals surface area (Å²) in [6, 6.07) is 0. The van der Waals surface area contributed by atoms with Gasteiger partial charge in [-0.3, -0.25) is 0 Å². The number of esters is 1. The molecule has 0 aliphatic rings. The molecule has 1 aromatic rings. The van der Waals surface area contributed by atoms with Gasteiger partial charge in [-0.15, -0.1) is 11.3 Å². The monoisotopic (exact) mass is 214 g/mol. The minimum atomic E-state index is -0.666. The predicted octanol–water partition coefficient (Wildman–Crippen LogP) is 1.19. The second-order valence-corrected chi connectivity index (χ2v) is 3.48. The number of ether oxygens (including phenoxy) is 1. The molecule has 6 heteroatoms. The molecule has 0 bridgehead atoms. The van der Waals surface area contributed by atoms with Crippen LogP contribution in [0.1, 0.15) is 17.6 Å². The van der Waals surface area contributed by atoms with E-state index >= 15 is 0 Å². The van der Waals surface area contributed by atoms with Crippen LogP contribution in [-0.2, 0) is 9.53 Å². The summed E-state index contributed by atoms with van der Waals surface area (Å²) < 4.78 is 4.69. The van der Waals surface area contributed by atoms with Gasteiger partial charge in [0.15, 0.2) is 0 Å². The fourth-order valence-electron chi connectivity index (χ4n) is 0.868. The third-order valence-electron chi connectivity index (χ3n) is 1.43. The van der Waals surface area contributed by atoms with Crippen molar-refractivity contribution >= 4 is 23.0 Å². The summed E-state index contributed by atoms with van der Waals surface area (Å²) in [7, 11) is 0. The number of aromatic nitrogens is 1. The fourth-order valence-corrected chi connectivity index (χ4v) is 1.47. The van der Waals surface area contributed by atoms with Crippen LogP contribution in [0.4, 0.5) is 0 Å². The Labute approximate surface area is 85.0 Å². The summed E-state index contributed by atoms with van der Waals surface area (Å²) >= 11 is 1.37. The van der Waals surface area contributed by atoms with Crippen molar-refractivity contribution in [3.8, 4) is 0 Å². The van der Waals surface area contributed by atoms with Crippen LogP contribution >= 0.6 is 11.3 Å². The molecular weight excluding hydrogens is 204 g/mol. The van der Waals surface area contributed by atoms with Crippen molar-refractivity contribution in [1.82, 2.24) is 4.98 Å². The second-order valence-electron chi connectivity index (χ2n) is 2.42. The van der Waals surface area contributed by atoms with Crippen LogP contribution in [0.5, 0.6) is 0 Å². The van der Waals surface area contributed by atoms with Crippen LogP contribution in [0.2, 0.25) is 0 Å². The van der Waals surface area contributed by atoms with Gasteiger partial charge in [-0.05, 0) is 13.8 Å². The number of hydrogen-bond acceptors (Lipinski definition) is 6. The Bertz CT molecular complexity index is 359. The van der Waals surface area contributed by atoms with Crippen molar-refractivity contribution in [3.05, 3.63) is 16.1 Å². The van der Waals surface area contributed by atoms with Gasteiger partial charge in [0.25, 0.3) is 0 Å². The number of aryl methyl sites for hydroxylation is 1. The van der Waals surface area contributed by atoms with E-state index in [0.717, 1.165) is 5.01 Å². The normalized spacial score (nSPS) is 11.4. The molecule has 5 nitrogen and oxygen atoms in total. The standard InChI is InChI=1S/C8H10N2O3S/c1-3-13-8(11)7(10-12)6-4-14-5(2)9-6/h4,12H,3H2,1-2H3/b10-7-. The van der Waals surface area contributed by atoms with Gasteiger partial charge in [0, 0.05) is 5.38 Å². The summed E-state index contributed by atoms with van der Waals surface area (Å²) in [4.78, 5) is 15.2. The molecular formula is C8H10N2O3S.